The quantitative estimate of drug-likeness (QED) is 0.0317. The van der Waals surface area contributed by atoms with Crippen LogP contribution in [0.25, 0.3) is 33.7 Å². The van der Waals surface area contributed by atoms with Crippen LogP contribution in [-0.4, -0.2) is 128 Å². The van der Waals surface area contributed by atoms with Crippen molar-refractivity contribution in [2.24, 2.45) is 5.41 Å². The molecule has 0 radical (unpaired) electrons. The largest absolute Gasteiger partial charge is 0.481 e. The number of aromatic nitrogens is 5. The van der Waals surface area contributed by atoms with Gasteiger partial charge in [-0.3, -0.25) is 32.5 Å². The zero-order chi connectivity index (χ0) is 50.1. The van der Waals surface area contributed by atoms with E-state index in [1.165, 1.54) is 13.8 Å². The van der Waals surface area contributed by atoms with Gasteiger partial charge in [-0.25, -0.2) is 33.6 Å². The van der Waals surface area contributed by atoms with E-state index in [4.69, 9.17) is 23.9 Å². The number of aliphatic hydroxyl groups excluding tert-OH is 2. The zero-order valence-corrected chi connectivity index (χ0v) is 40.1. The number of aliphatic hydroxyl groups is 2. The minimum atomic E-state index is -5.60. The smallest absolute Gasteiger partial charge is 0.440 e. The Morgan fingerprint density at radius 3 is 2.26 bits per heavy atom. The molecular weight excluding hydrogens is 993 g/mol. The third kappa shape index (κ3) is 14.9. The van der Waals surface area contributed by atoms with Gasteiger partial charge >= 0.3 is 23.5 Å². The Balaban J connectivity index is 0.891. The summed E-state index contributed by atoms with van der Waals surface area (Å²) in [4.78, 5) is 93.7. The lowest BCUT2D eigenvalue weighted by molar-refractivity contribution is -0.137. The zero-order valence-electron chi connectivity index (χ0n) is 36.6. The number of oxazole rings is 1. The first-order valence-electron chi connectivity index (χ1n) is 20.7. The van der Waals surface area contributed by atoms with Gasteiger partial charge in [0.2, 0.25) is 11.8 Å². The van der Waals surface area contributed by atoms with Gasteiger partial charge in [-0.1, -0.05) is 86.3 Å². The number of phosphoric ester groups is 3. The van der Waals surface area contributed by atoms with Crippen LogP contribution in [0.15, 0.2) is 77.7 Å². The first-order valence-corrected chi connectivity index (χ1v) is 26.2. The molecule has 6 rings (SSSR count). The molecule has 3 aromatic heterocycles. The highest BCUT2D eigenvalue weighted by Gasteiger charge is 2.50. The molecular formula is C39H49N8O18P3S. The Morgan fingerprint density at radius 2 is 1.58 bits per heavy atom. The Morgan fingerprint density at radius 1 is 0.913 bits per heavy atom. The maximum absolute atomic E-state index is 12.8. The molecule has 1 aliphatic rings. The molecule has 7 unspecified atom stereocenters. The molecule has 374 valence electrons. The second-order valence-electron chi connectivity index (χ2n) is 15.8. The average Bonchev–Trinajstić information content (AvgIpc) is 4.01. The van der Waals surface area contributed by atoms with E-state index in [9.17, 15) is 57.9 Å². The maximum atomic E-state index is 12.8. The van der Waals surface area contributed by atoms with Gasteiger partial charge in [-0.05, 0) is 0 Å². The van der Waals surface area contributed by atoms with Gasteiger partial charge in [0.05, 0.1) is 19.5 Å². The van der Waals surface area contributed by atoms with Crippen molar-refractivity contribution in [3.8, 4) is 22.6 Å². The number of phosphoric acid groups is 3. The number of nitrogens with zero attached hydrogens (tertiary/aromatic N) is 5. The summed E-state index contributed by atoms with van der Waals surface area (Å²) in [5, 5.41) is 26.5. The predicted molar refractivity (Wildman–Crippen MR) is 243 cm³/mol. The topological polar surface area (TPSA) is 390 Å². The molecule has 1 saturated heterocycles. The number of nitrogens with one attached hydrogen (secondary N) is 2. The summed E-state index contributed by atoms with van der Waals surface area (Å²) in [6.07, 6.45) is -6.62. The number of amides is 2. The summed E-state index contributed by atoms with van der Waals surface area (Å²) < 4.78 is 68.6. The molecule has 0 aliphatic carbocycles. The van der Waals surface area contributed by atoms with E-state index in [1.807, 2.05) is 60.7 Å². The SMILES string of the molecule is CC(C)(COP(=O)(O)OP(=O)(O)OCC1OC(n2cnc3c(N)ncnc32)C(O)C1OP(=O)(O)O)C(O)C(=O)NCCC(=O)NCCSC(=O)CCc1nc(-c2ccccc2)c(-c2ccccc2)o1. The lowest BCUT2D eigenvalue weighted by Gasteiger charge is -2.30. The third-order valence-corrected chi connectivity index (χ3v) is 14.1. The molecule has 2 amide bonds. The molecule has 30 heteroatoms. The van der Waals surface area contributed by atoms with E-state index in [2.05, 4.69) is 39.4 Å². The van der Waals surface area contributed by atoms with Crippen LogP contribution in [0.2, 0.25) is 0 Å². The molecule has 26 nitrogen and oxygen atoms in total. The molecule has 1 fully saturated rings. The molecule has 4 heterocycles. The molecule has 2 aromatic carbocycles. The fourth-order valence-electron chi connectivity index (χ4n) is 6.62. The first kappa shape index (κ1) is 53.6. The number of benzene rings is 2. The van der Waals surface area contributed by atoms with Gasteiger partial charge in [0.25, 0.3) is 0 Å². The van der Waals surface area contributed by atoms with E-state index in [1.54, 1.807) is 0 Å². The number of hydrogen-bond acceptors (Lipinski definition) is 20. The number of carbonyl (C=O) groups is 3. The Kier molecular flexibility index (Phi) is 17.8. The van der Waals surface area contributed by atoms with Crippen molar-refractivity contribution in [2.45, 2.75) is 63.8 Å². The summed E-state index contributed by atoms with van der Waals surface area (Å²) in [6.45, 7) is 0.358. The van der Waals surface area contributed by atoms with Crippen molar-refractivity contribution in [3.63, 3.8) is 0 Å². The fourth-order valence-corrected chi connectivity index (χ4v) is 10.1. The maximum Gasteiger partial charge on any atom is 0.481 e. The van der Waals surface area contributed by atoms with E-state index >= 15 is 0 Å². The first-order chi connectivity index (χ1) is 32.5. The molecule has 0 bridgehead atoms. The van der Waals surface area contributed by atoms with Gasteiger partial charge < -0.3 is 55.3 Å². The second-order valence-corrected chi connectivity index (χ2v) is 21.2. The normalized spacial score (nSPS) is 19.7. The Bertz CT molecular complexity index is 2670. The summed E-state index contributed by atoms with van der Waals surface area (Å²) in [5.41, 5.74) is 6.63. The van der Waals surface area contributed by atoms with Gasteiger partial charge in [0, 0.05) is 54.6 Å². The highest BCUT2D eigenvalue weighted by Crippen LogP contribution is 2.61. The van der Waals surface area contributed by atoms with Crippen molar-refractivity contribution in [1.29, 1.82) is 0 Å². The molecule has 7 atom stereocenters. The standard InChI is InChI=1S/C39H49N8O18P3S/c1-39(2,20-61-68(58,59)65-67(56,57)60-19-25-33(64-66(53,54)55)31(50)38(62-25)47-22-45-30-35(40)43-21-44-36(30)47)34(51)37(52)42-16-15-26(48)41-17-18-69-28(49)14-13-27-46-29(23-9-5-3-6-10-23)32(63-27)24-11-7-4-8-12-24/h3-12,21-22,25,31,33-34,38,50-51H,13-20H2,1-2H3,(H,41,48)(H,42,52)(H,56,57)(H,58,59)(H2,40,43,44)(H2,53,54,55). The number of ether oxygens (including phenoxy) is 1. The summed E-state index contributed by atoms with van der Waals surface area (Å²) in [7, 11) is -16.5. The highest BCUT2D eigenvalue weighted by atomic mass is 32.2. The Hall–Kier alpha value is -4.79. The van der Waals surface area contributed by atoms with Gasteiger partial charge in [-0.15, -0.1) is 0 Å². The molecule has 5 aromatic rings. The van der Waals surface area contributed by atoms with E-state index in [-0.39, 0.29) is 60.2 Å². The van der Waals surface area contributed by atoms with Gasteiger partial charge in [-0.2, -0.15) is 4.31 Å². The van der Waals surface area contributed by atoms with E-state index in [0.717, 1.165) is 40.1 Å². The lowest BCUT2D eigenvalue weighted by atomic mass is 9.87. The van der Waals surface area contributed by atoms with Gasteiger partial charge in [0.1, 0.15) is 42.0 Å². The monoisotopic (exact) mass is 1040 g/mol. The lowest BCUT2D eigenvalue weighted by Crippen LogP contribution is -2.46. The van der Waals surface area contributed by atoms with Gasteiger partial charge in [0.15, 0.2) is 34.5 Å². The van der Waals surface area contributed by atoms with Crippen LogP contribution in [0.4, 0.5) is 5.82 Å². The minimum absolute atomic E-state index is 0.0247. The fraction of sp³-hybridized carbons (Fsp3) is 0.410. The van der Waals surface area contributed by atoms with Crippen molar-refractivity contribution in [3.05, 3.63) is 79.2 Å². The molecule has 0 spiro atoms. The van der Waals surface area contributed by atoms with Crippen LogP contribution in [-0.2, 0) is 57.1 Å². The van der Waals surface area contributed by atoms with Crippen LogP contribution in [0.3, 0.4) is 0 Å². The number of fused-ring (bicyclic) bond motifs is 1. The van der Waals surface area contributed by atoms with Crippen molar-refractivity contribution < 1.29 is 84.9 Å². The van der Waals surface area contributed by atoms with Crippen LogP contribution in [0, 0.1) is 5.41 Å². The number of imidazole rings is 1. The molecule has 0 saturated carbocycles. The summed E-state index contributed by atoms with van der Waals surface area (Å²) in [6, 6.07) is 19.1. The van der Waals surface area contributed by atoms with Crippen LogP contribution >= 0.6 is 35.2 Å². The molecule has 1 aliphatic heterocycles. The number of rotatable bonds is 24. The van der Waals surface area contributed by atoms with Crippen molar-refractivity contribution >= 4 is 69.1 Å². The van der Waals surface area contributed by atoms with E-state index < -0.39 is 84.6 Å². The highest BCUT2D eigenvalue weighted by molar-refractivity contribution is 8.13. The number of hydrogen-bond donors (Lipinski definition) is 9. The number of nitrogens with two attached hydrogens (primary N) is 1. The van der Waals surface area contributed by atoms with Crippen LogP contribution in [0.5, 0.6) is 0 Å². The second kappa shape index (κ2) is 23.0. The minimum Gasteiger partial charge on any atom is -0.440 e. The third-order valence-electron chi connectivity index (χ3n) is 10.1. The number of anilines is 1. The number of thioether (sulfide) groups is 1. The predicted octanol–water partition coefficient (Wildman–Crippen LogP) is 2.62. The summed E-state index contributed by atoms with van der Waals surface area (Å²) >= 11 is 1.02. The number of nitrogen functional groups attached to an aromatic ring is 1. The van der Waals surface area contributed by atoms with E-state index in [0.29, 0.717) is 17.3 Å². The summed E-state index contributed by atoms with van der Waals surface area (Å²) in [5.74, 6) is -0.237. The Labute approximate surface area is 396 Å². The van der Waals surface area contributed by atoms with Crippen LogP contribution < -0.4 is 16.4 Å². The number of carbonyl (C=O) groups excluding carboxylic acids is 3. The molecule has 69 heavy (non-hydrogen) atoms. The van der Waals surface area contributed by atoms with Crippen molar-refractivity contribution in [1.82, 2.24) is 35.1 Å². The van der Waals surface area contributed by atoms with Crippen LogP contribution in [0.1, 0.15) is 38.8 Å². The number of aryl methyl sites for hydroxylation is 1. The average molecular weight is 1040 g/mol. The van der Waals surface area contributed by atoms with Crippen molar-refractivity contribution in [2.75, 3.05) is 37.8 Å². The molecule has 10 N–H and O–H groups in total.